The number of rotatable bonds is 10. The van der Waals surface area contributed by atoms with Gasteiger partial charge in [0.15, 0.2) is 5.76 Å². The second-order valence-electron chi connectivity index (χ2n) is 8.18. The standard InChI is InChI=1S/C23H29N3O5S/c1-2-6-19(32)20(27)26-23(10-3-4-11-23)22(30)25-17(21(28)29)13-15-8-9-16(24-14-15)18-7-5-12-31-18/h5,7-9,12,14,17,19,32H,2-4,6,10-11,13H2,1H3,(H,25,30)(H,26,27)(H,28,29)/t17?,19-/m1/s1. The van der Waals surface area contributed by atoms with Gasteiger partial charge >= 0.3 is 5.97 Å². The van der Waals surface area contributed by atoms with E-state index in [9.17, 15) is 19.5 Å². The van der Waals surface area contributed by atoms with Gasteiger partial charge in [-0.3, -0.25) is 14.6 Å². The first-order valence-electron chi connectivity index (χ1n) is 10.9. The minimum atomic E-state index is -1.15. The maximum atomic E-state index is 13.2. The molecule has 3 rings (SSSR count). The van der Waals surface area contributed by atoms with E-state index in [4.69, 9.17) is 4.42 Å². The van der Waals surface area contributed by atoms with E-state index in [0.29, 0.717) is 36.3 Å². The number of carbonyl (C=O) groups excluding carboxylic acids is 2. The Kier molecular flexibility index (Phi) is 7.95. The van der Waals surface area contributed by atoms with Crippen LogP contribution in [-0.4, -0.2) is 44.7 Å². The number of carbonyl (C=O) groups is 3. The van der Waals surface area contributed by atoms with Crippen LogP contribution in [0.5, 0.6) is 0 Å². The highest BCUT2D eigenvalue weighted by atomic mass is 32.1. The van der Waals surface area contributed by atoms with Crippen LogP contribution in [0.2, 0.25) is 0 Å². The van der Waals surface area contributed by atoms with Gasteiger partial charge in [0.25, 0.3) is 0 Å². The number of aliphatic carboxylic acids is 1. The van der Waals surface area contributed by atoms with Crippen molar-refractivity contribution in [3.63, 3.8) is 0 Å². The van der Waals surface area contributed by atoms with Crippen molar-refractivity contribution in [2.45, 2.75) is 68.7 Å². The largest absolute Gasteiger partial charge is 0.480 e. The molecular weight excluding hydrogens is 430 g/mol. The molecule has 0 aliphatic heterocycles. The number of pyridine rings is 1. The predicted octanol–water partition coefficient (Wildman–Crippen LogP) is 2.98. The highest BCUT2D eigenvalue weighted by Crippen LogP contribution is 2.31. The van der Waals surface area contributed by atoms with E-state index >= 15 is 0 Å². The first kappa shape index (κ1) is 23.8. The molecular formula is C23H29N3O5S. The van der Waals surface area contributed by atoms with Crippen molar-refractivity contribution in [3.05, 3.63) is 42.3 Å². The van der Waals surface area contributed by atoms with Gasteiger partial charge in [0.2, 0.25) is 11.8 Å². The summed E-state index contributed by atoms with van der Waals surface area (Å²) in [6.07, 6.45) is 7.12. The number of amides is 2. The summed E-state index contributed by atoms with van der Waals surface area (Å²) in [6, 6.07) is 5.91. The van der Waals surface area contributed by atoms with E-state index in [2.05, 4.69) is 28.2 Å². The summed E-state index contributed by atoms with van der Waals surface area (Å²) in [4.78, 5) is 41.9. The van der Waals surface area contributed by atoms with E-state index in [1.807, 2.05) is 6.92 Å². The smallest absolute Gasteiger partial charge is 0.326 e. The number of furan rings is 1. The van der Waals surface area contributed by atoms with Crippen molar-refractivity contribution in [2.75, 3.05) is 0 Å². The van der Waals surface area contributed by atoms with Gasteiger partial charge in [-0.2, -0.15) is 12.6 Å². The summed E-state index contributed by atoms with van der Waals surface area (Å²) < 4.78 is 5.31. The highest BCUT2D eigenvalue weighted by molar-refractivity contribution is 7.81. The molecule has 2 aromatic rings. The summed E-state index contributed by atoms with van der Waals surface area (Å²) in [5.41, 5.74) is 0.201. The lowest BCUT2D eigenvalue weighted by molar-refractivity contribution is -0.143. The van der Waals surface area contributed by atoms with Gasteiger partial charge in [0.05, 0.1) is 11.5 Å². The summed E-state index contributed by atoms with van der Waals surface area (Å²) in [5, 5.41) is 14.7. The Labute approximate surface area is 192 Å². The molecule has 0 radical (unpaired) electrons. The number of carboxylic acids is 1. The lowest BCUT2D eigenvalue weighted by atomic mass is 9.94. The van der Waals surface area contributed by atoms with E-state index < -0.39 is 28.7 Å². The third-order valence-corrected chi connectivity index (χ3v) is 6.25. The highest BCUT2D eigenvalue weighted by Gasteiger charge is 2.44. The van der Waals surface area contributed by atoms with Crippen molar-refractivity contribution in [1.29, 1.82) is 0 Å². The molecule has 0 spiro atoms. The number of hydrogen-bond acceptors (Lipinski definition) is 6. The Bertz CT molecular complexity index is 924. The summed E-state index contributed by atoms with van der Waals surface area (Å²) >= 11 is 4.33. The molecule has 0 aromatic carbocycles. The van der Waals surface area contributed by atoms with Crippen LogP contribution in [0.15, 0.2) is 41.1 Å². The molecule has 2 atom stereocenters. The van der Waals surface area contributed by atoms with Crippen LogP contribution in [-0.2, 0) is 20.8 Å². The van der Waals surface area contributed by atoms with Crippen LogP contribution in [0.1, 0.15) is 51.0 Å². The molecule has 2 amide bonds. The van der Waals surface area contributed by atoms with Crippen LogP contribution < -0.4 is 10.6 Å². The SMILES string of the molecule is CCC[C@@H](S)C(=O)NC1(C(=O)NC(Cc2ccc(-c3ccco3)nc2)C(=O)O)CCCC1. The zero-order valence-electron chi connectivity index (χ0n) is 18.0. The van der Waals surface area contributed by atoms with Crippen molar-refractivity contribution in [3.8, 4) is 11.5 Å². The van der Waals surface area contributed by atoms with Crippen molar-refractivity contribution < 1.29 is 23.9 Å². The zero-order valence-corrected chi connectivity index (χ0v) is 18.9. The van der Waals surface area contributed by atoms with Crippen molar-refractivity contribution in [1.82, 2.24) is 15.6 Å². The van der Waals surface area contributed by atoms with Crippen molar-refractivity contribution >= 4 is 30.4 Å². The number of carboxylic acid groups (broad SMARTS) is 1. The summed E-state index contributed by atoms with van der Waals surface area (Å²) in [6.45, 7) is 1.96. The quantitative estimate of drug-likeness (QED) is 0.405. The average Bonchev–Trinajstić information content (AvgIpc) is 3.47. The van der Waals surface area contributed by atoms with Gasteiger partial charge in [-0.25, -0.2) is 4.79 Å². The number of hydrogen-bond donors (Lipinski definition) is 4. The molecule has 1 saturated carbocycles. The van der Waals surface area contributed by atoms with Crippen molar-refractivity contribution in [2.24, 2.45) is 0 Å². The Hall–Kier alpha value is -2.81. The molecule has 32 heavy (non-hydrogen) atoms. The maximum Gasteiger partial charge on any atom is 0.326 e. The fraction of sp³-hybridized carbons (Fsp3) is 0.478. The second kappa shape index (κ2) is 10.7. The van der Waals surface area contributed by atoms with Crippen LogP contribution in [0.25, 0.3) is 11.5 Å². The van der Waals surface area contributed by atoms with Crippen LogP contribution in [0, 0.1) is 0 Å². The molecule has 1 aliphatic carbocycles. The Morgan fingerprint density at radius 3 is 2.56 bits per heavy atom. The Balaban J connectivity index is 1.69. The summed E-state index contributed by atoms with van der Waals surface area (Å²) in [7, 11) is 0. The predicted molar refractivity (Wildman–Crippen MR) is 122 cm³/mol. The molecule has 0 bridgehead atoms. The van der Waals surface area contributed by atoms with Crippen LogP contribution >= 0.6 is 12.6 Å². The topological polar surface area (TPSA) is 122 Å². The van der Waals surface area contributed by atoms with Gasteiger partial charge in [-0.1, -0.05) is 32.3 Å². The molecule has 1 aliphatic rings. The lowest BCUT2D eigenvalue weighted by Crippen LogP contribution is -2.61. The third-order valence-electron chi connectivity index (χ3n) is 5.76. The fourth-order valence-electron chi connectivity index (χ4n) is 3.96. The van der Waals surface area contributed by atoms with Crippen LogP contribution in [0.3, 0.4) is 0 Å². The van der Waals surface area contributed by atoms with Gasteiger partial charge in [0, 0.05) is 12.6 Å². The van der Waals surface area contributed by atoms with Gasteiger partial charge in [-0.15, -0.1) is 0 Å². The molecule has 1 unspecified atom stereocenters. The number of nitrogens with zero attached hydrogens (tertiary/aromatic N) is 1. The monoisotopic (exact) mass is 459 g/mol. The lowest BCUT2D eigenvalue weighted by Gasteiger charge is -2.31. The zero-order chi connectivity index (χ0) is 23.1. The van der Waals surface area contributed by atoms with E-state index in [1.54, 1.807) is 36.7 Å². The molecule has 1 fully saturated rings. The van der Waals surface area contributed by atoms with Gasteiger partial charge in [0.1, 0.15) is 17.3 Å². The second-order valence-corrected chi connectivity index (χ2v) is 8.80. The number of thiol groups is 1. The fourth-order valence-corrected chi connectivity index (χ4v) is 4.28. The van der Waals surface area contributed by atoms with E-state index in [-0.39, 0.29) is 12.3 Å². The first-order valence-corrected chi connectivity index (χ1v) is 11.4. The minimum Gasteiger partial charge on any atom is -0.480 e. The summed E-state index contributed by atoms with van der Waals surface area (Å²) in [5.74, 6) is -1.29. The molecule has 2 heterocycles. The Morgan fingerprint density at radius 1 is 1.25 bits per heavy atom. The normalized spacial score (nSPS) is 16.8. The number of aromatic nitrogens is 1. The third kappa shape index (κ3) is 5.70. The first-order chi connectivity index (χ1) is 15.3. The van der Waals surface area contributed by atoms with Gasteiger partial charge in [-0.05, 0) is 43.0 Å². The van der Waals surface area contributed by atoms with Gasteiger partial charge < -0.3 is 20.2 Å². The maximum absolute atomic E-state index is 13.2. The average molecular weight is 460 g/mol. The Morgan fingerprint density at radius 2 is 2.00 bits per heavy atom. The molecule has 2 aromatic heterocycles. The van der Waals surface area contributed by atoms with E-state index in [1.165, 1.54) is 0 Å². The molecule has 0 saturated heterocycles. The molecule has 3 N–H and O–H groups in total. The van der Waals surface area contributed by atoms with Crippen LogP contribution in [0.4, 0.5) is 0 Å². The van der Waals surface area contributed by atoms with E-state index in [0.717, 1.165) is 19.3 Å². The number of nitrogens with one attached hydrogen (secondary N) is 2. The minimum absolute atomic E-state index is 0.0710. The molecule has 8 nitrogen and oxygen atoms in total. The molecule has 9 heteroatoms. The molecule has 172 valence electrons.